The Kier molecular flexibility index (Phi) is 6.84. The van der Waals surface area contributed by atoms with E-state index >= 15 is 0 Å². The molecule has 160 valence electrons. The number of aliphatic hydroxyl groups excluding tert-OH is 1. The highest BCUT2D eigenvalue weighted by Crippen LogP contribution is 2.41. The van der Waals surface area contributed by atoms with Crippen LogP contribution in [-0.4, -0.2) is 52.6 Å². The SMILES string of the molecule is COc1cc2cc(C(=O)NCCCCO)c3cc(OC)c(OC)cc3c2cc1OC. The fourth-order valence-corrected chi connectivity index (χ4v) is 3.53. The number of carbonyl (C=O) groups excluding carboxylic acids is 1. The van der Waals surface area contributed by atoms with Gasteiger partial charge < -0.3 is 29.4 Å². The smallest absolute Gasteiger partial charge is 0.251 e. The molecule has 0 fully saturated rings. The summed E-state index contributed by atoms with van der Waals surface area (Å²) >= 11 is 0. The molecule has 1 amide bonds. The van der Waals surface area contributed by atoms with Crippen molar-refractivity contribution in [3.05, 3.63) is 35.9 Å². The van der Waals surface area contributed by atoms with Crippen LogP contribution in [0.15, 0.2) is 30.3 Å². The van der Waals surface area contributed by atoms with E-state index in [0.29, 0.717) is 47.9 Å². The van der Waals surface area contributed by atoms with Crippen LogP contribution in [0.25, 0.3) is 21.5 Å². The van der Waals surface area contributed by atoms with Gasteiger partial charge in [0.25, 0.3) is 5.91 Å². The van der Waals surface area contributed by atoms with Gasteiger partial charge in [-0.3, -0.25) is 4.79 Å². The highest BCUT2D eigenvalue weighted by atomic mass is 16.5. The van der Waals surface area contributed by atoms with E-state index in [0.717, 1.165) is 21.5 Å². The zero-order valence-electron chi connectivity index (χ0n) is 17.7. The molecule has 30 heavy (non-hydrogen) atoms. The minimum atomic E-state index is -0.193. The quantitative estimate of drug-likeness (QED) is 0.412. The van der Waals surface area contributed by atoms with E-state index in [4.69, 9.17) is 24.1 Å². The first-order chi connectivity index (χ1) is 14.6. The Bertz CT molecular complexity index is 1060. The Hall–Kier alpha value is -3.19. The number of carbonyl (C=O) groups is 1. The summed E-state index contributed by atoms with van der Waals surface area (Å²) in [7, 11) is 6.30. The molecule has 3 aromatic carbocycles. The number of hydrogen-bond acceptors (Lipinski definition) is 6. The Balaban J connectivity index is 2.25. The lowest BCUT2D eigenvalue weighted by Gasteiger charge is -2.16. The second-order valence-corrected chi connectivity index (χ2v) is 6.79. The van der Waals surface area contributed by atoms with Gasteiger partial charge in [-0.1, -0.05) is 0 Å². The Morgan fingerprint density at radius 3 is 1.87 bits per heavy atom. The summed E-state index contributed by atoms with van der Waals surface area (Å²) in [5.74, 6) is 2.10. The van der Waals surface area contributed by atoms with Gasteiger partial charge >= 0.3 is 0 Å². The van der Waals surface area contributed by atoms with Crippen molar-refractivity contribution >= 4 is 27.5 Å². The minimum absolute atomic E-state index is 0.105. The largest absolute Gasteiger partial charge is 0.493 e. The molecule has 0 aliphatic carbocycles. The molecule has 0 bridgehead atoms. The van der Waals surface area contributed by atoms with Crippen LogP contribution in [0, 0.1) is 0 Å². The van der Waals surface area contributed by atoms with Crippen LogP contribution in [0.4, 0.5) is 0 Å². The Morgan fingerprint density at radius 2 is 1.30 bits per heavy atom. The lowest BCUT2D eigenvalue weighted by molar-refractivity contribution is 0.0954. The predicted molar refractivity (Wildman–Crippen MR) is 116 cm³/mol. The molecule has 0 unspecified atom stereocenters. The number of ether oxygens (including phenoxy) is 4. The van der Waals surface area contributed by atoms with Crippen molar-refractivity contribution in [2.75, 3.05) is 41.6 Å². The lowest BCUT2D eigenvalue weighted by atomic mass is 9.95. The summed E-state index contributed by atoms with van der Waals surface area (Å²) in [6.45, 7) is 0.589. The summed E-state index contributed by atoms with van der Waals surface area (Å²) < 4.78 is 21.8. The van der Waals surface area contributed by atoms with Crippen molar-refractivity contribution in [1.29, 1.82) is 0 Å². The molecular weight excluding hydrogens is 386 g/mol. The van der Waals surface area contributed by atoms with Crippen molar-refractivity contribution in [1.82, 2.24) is 5.32 Å². The number of benzene rings is 3. The van der Waals surface area contributed by atoms with Crippen molar-refractivity contribution in [3.63, 3.8) is 0 Å². The molecule has 0 radical (unpaired) electrons. The Morgan fingerprint density at radius 1 is 0.767 bits per heavy atom. The molecule has 2 N–H and O–H groups in total. The summed E-state index contributed by atoms with van der Waals surface area (Å²) in [6, 6.07) is 9.27. The van der Waals surface area contributed by atoms with Gasteiger partial charge in [-0.15, -0.1) is 0 Å². The van der Waals surface area contributed by atoms with Crippen LogP contribution in [0.2, 0.25) is 0 Å². The van der Waals surface area contributed by atoms with Crippen molar-refractivity contribution in [2.24, 2.45) is 0 Å². The molecular formula is C23H27NO6. The summed E-state index contributed by atoms with van der Waals surface area (Å²) in [4.78, 5) is 13.0. The third-order valence-corrected chi connectivity index (χ3v) is 5.07. The molecule has 0 spiro atoms. The van der Waals surface area contributed by atoms with E-state index in [9.17, 15) is 4.79 Å². The van der Waals surface area contributed by atoms with E-state index < -0.39 is 0 Å². The van der Waals surface area contributed by atoms with Crippen LogP contribution in [-0.2, 0) is 0 Å². The zero-order valence-corrected chi connectivity index (χ0v) is 17.7. The van der Waals surface area contributed by atoms with Crippen molar-refractivity contribution < 1.29 is 28.8 Å². The third-order valence-electron chi connectivity index (χ3n) is 5.07. The van der Waals surface area contributed by atoms with Gasteiger partial charge in [-0.05, 0) is 64.7 Å². The van der Waals surface area contributed by atoms with Crippen LogP contribution >= 0.6 is 0 Å². The Labute approximate surface area is 175 Å². The average Bonchev–Trinajstić information content (AvgIpc) is 2.79. The van der Waals surface area contributed by atoms with Crippen LogP contribution < -0.4 is 24.3 Å². The summed E-state index contributed by atoms with van der Waals surface area (Å²) in [6.07, 6.45) is 1.34. The molecule has 3 rings (SSSR count). The molecule has 0 aliphatic rings. The summed E-state index contributed by atoms with van der Waals surface area (Å²) in [5.41, 5.74) is 0.523. The van der Waals surface area contributed by atoms with E-state index in [2.05, 4.69) is 5.32 Å². The first-order valence-corrected chi connectivity index (χ1v) is 9.71. The second-order valence-electron chi connectivity index (χ2n) is 6.79. The van der Waals surface area contributed by atoms with Gasteiger partial charge in [0.05, 0.1) is 28.4 Å². The second kappa shape index (κ2) is 9.54. The minimum Gasteiger partial charge on any atom is -0.493 e. The van der Waals surface area contributed by atoms with Crippen molar-refractivity contribution in [2.45, 2.75) is 12.8 Å². The number of unbranched alkanes of at least 4 members (excludes halogenated alkanes) is 1. The number of methoxy groups -OCH3 is 4. The monoisotopic (exact) mass is 413 g/mol. The summed E-state index contributed by atoms with van der Waals surface area (Å²) in [5, 5.41) is 15.2. The van der Waals surface area contributed by atoms with E-state index in [1.165, 1.54) is 0 Å². The lowest BCUT2D eigenvalue weighted by Crippen LogP contribution is -2.24. The van der Waals surface area contributed by atoms with Gasteiger partial charge in [0.15, 0.2) is 23.0 Å². The predicted octanol–water partition coefficient (Wildman–Crippen LogP) is 3.53. The molecule has 0 saturated heterocycles. The fourth-order valence-electron chi connectivity index (χ4n) is 3.53. The highest BCUT2D eigenvalue weighted by molar-refractivity contribution is 6.18. The molecule has 0 saturated carbocycles. The number of aliphatic hydroxyl groups is 1. The van der Waals surface area contributed by atoms with E-state index in [1.807, 2.05) is 30.3 Å². The topological polar surface area (TPSA) is 86.3 Å². The van der Waals surface area contributed by atoms with Gasteiger partial charge in [0, 0.05) is 18.7 Å². The molecule has 3 aromatic rings. The molecule has 0 aromatic heterocycles. The molecule has 0 heterocycles. The number of nitrogens with one attached hydrogen (secondary N) is 1. The normalized spacial score (nSPS) is 10.8. The van der Waals surface area contributed by atoms with Gasteiger partial charge in [-0.2, -0.15) is 0 Å². The number of fused-ring (bicyclic) bond motifs is 3. The maximum absolute atomic E-state index is 13.0. The first-order valence-electron chi connectivity index (χ1n) is 9.71. The number of hydrogen-bond donors (Lipinski definition) is 2. The third kappa shape index (κ3) is 4.07. The first kappa shape index (κ1) is 21.5. The average molecular weight is 413 g/mol. The molecule has 0 atom stereocenters. The van der Waals surface area contributed by atoms with E-state index in [-0.39, 0.29) is 12.5 Å². The zero-order chi connectivity index (χ0) is 21.7. The maximum Gasteiger partial charge on any atom is 0.251 e. The van der Waals surface area contributed by atoms with Crippen LogP contribution in [0.3, 0.4) is 0 Å². The molecule has 0 aliphatic heterocycles. The van der Waals surface area contributed by atoms with Gasteiger partial charge in [-0.25, -0.2) is 0 Å². The van der Waals surface area contributed by atoms with Crippen LogP contribution in [0.5, 0.6) is 23.0 Å². The van der Waals surface area contributed by atoms with E-state index in [1.54, 1.807) is 28.4 Å². The van der Waals surface area contributed by atoms with Crippen LogP contribution in [0.1, 0.15) is 23.2 Å². The number of rotatable bonds is 9. The number of amides is 1. The maximum atomic E-state index is 13.0. The standard InChI is InChI=1S/C23H27NO6/c1-27-19-10-14-9-18(23(26)24-7-5-6-8-25)17-13-22(30-4)21(29-3)12-16(17)15(14)11-20(19)28-2/h9-13,25H,5-8H2,1-4H3,(H,24,26). The molecule has 7 nitrogen and oxygen atoms in total. The molecule has 7 heteroatoms. The highest BCUT2D eigenvalue weighted by Gasteiger charge is 2.18. The fraction of sp³-hybridized carbons (Fsp3) is 0.348. The van der Waals surface area contributed by atoms with Gasteiger partial charge in [0.2, 0.25) is 0 Å². The van der Waals surface area contributed by atoms with Crippen molar-refractivity contribution in [3.8, 4) is 23.0 Å². The van der Waals surface area contributed by atoms with Gasteiger partial charge in [0.1, 0.15) is 0 Å².